The van der Waals surface area contributed by atoms with Gasteiger partial charge in [0, 0.05) is 10.0 Å². The number of ether oxygens (including phenoxy) is 2. The van der Waals surface area contributed by atoms with E-state index in [0.717, 1.165) is 21.5 Å². The number of hydrazone groups is 1. The predicted molar refractivity (Wildman–Crippen MR) is 89.9 cm³/mol. The summed E-state index contributed by atoms with van der Waals surface area (Å²) >= 11 is 9.47. The maximum absolute atomic E-state index is 6.05. The Kier molecular flexibility index (Phi) is 5.47. The van der Waals surface area contributed by atoms with Crippen molar-refractivity contribution in [1.29, 1.82) is 0 Å². The van der Waals surface area contributed by atoms with Gasteiger partial charge < -0.3 is 9.47 Å². The smallest absolute Gasteiger partial charge is 0.137 e. The highest BCUT2D eigenvalue weighted by Gasteiger charge is 2.02. The van der Waals surface area contributed by atoms with Crippen LogP contribution in [0, 0.1) is 0 Å². The molecule has 0 fully saturated rings. The molecule has 0 bridgehead atoms. The summed E-state index contributed by atoms with van der Waals surface area (Å²) in [6.45, 7) is 0. The van der Waals surface area contributed by atoms with E-state index in [1.807, 2.05) is 24.3 Å². The Morgan fingerprint density at radius 3 is 2.48 bits per heavy atom. The number of anilines is 1. The van der Waals surface area contributed by atoms with Gasteiger partial charge in [0.15, 0.2) is 0 Å². The summed E-state index contributed by atoms with van der Waals surface area (Å²) in [4.78, 5) is 0. The van der Waals surface area contributed by atoms with E-state index in [2.05, 4.69) is 26.5 Å². The van der Waals surface area contributed by atoms with Crippen LogP contribution in [0.15, 0.2) is 46.0 Å². The van der Waals surface area contributed by atoms with E-state index in [0.29, 0.717) is 10.8 Å². The average molecular weight is 370 g/mol. The molecule has 0 saturated heterocycles. The molecule has 0 atom stereocenters. The van der Waals surface area contributed by atoms with E-state index in [4.69, 9.17) is 21.1 Å². The molecule has 2 aromatic carbocycles. The highest BCUT2D eigenvalue weighted by molar-refractivity contribution is 9.10. The first kappa shape index (κ1) is 15.7. The van der Waals surface area contributed by atoms with Gasteiger partial charge >= 0.3 is 0 Å². The first-order valence-corrected chi connectivity index (χ1v) is 7.27. The zero-order valence-electron chi connectivity index (χ0n) is 11.6. The number of benzene rings is 2. The molecule has 0 aliphatic rings. The standard InChI is InChI=1S/C15H14BrClN2O2/c1-20-14-5-3-11(16)7-10(14)9-18-19-12-4-6-15(21-2)13(17)8-12/h3-9,19H,1-2H3/b18-9+. The van der Waals surface area contributed by atoms with E-state index in [1.165, 1.54) is 0 Å². The van der Waals surface area contributed by atoms with Crippen LogP contribution in [0.3, 0.4) is 0 Å². The zero-order chi connectivity index (χ0) is 15.2. The SMILES string of the molecule is COc1ccc(N/N=C/c2cc(Br)ccc2OC)cc1Cl. The number of methoxy groups -OCH3 is 2. The molecule has 0 saturated carbocycles. The average Bonchev–Trinajstić information content (AvgIpc) is 2.48. The fourth-order valence-electron chi connectivity index (χ4n) is 1.72. The van der Waals surface area contributed by atoms with Crippen LogP contribution in [0.2, 0.25) is 5.02 Å². The topological polar surface area (TPSA) is 42.8 Å². The van der Waals surface area contributed by atoms with Crippen LogP contribution in [0.1, 0.15) is 5.56 Å². The van der Waals surface area contributed by atoms with Crippen LogP contribution in [0.25, 0.3) is 0 Å². The highest BCUT2D eigenvalue weighted by atomic mass is 79.9. The van der Waals surface area contributed by atoms with E-state index < -0.39 is 0 Å². The van der Waals surface area contributed by atoms with Gasteiger partial charge in [-0.3, -0.25) is 5.43 Å². The Morgan fingerprint density at radius 2 is 1.81 bits per heavy atom. The number of hydrogen-bond acceptors (Lipinski definition) is 4. The van der Waals surface area contributed by atoms with Gasteiger partial charge in [-0.1, -0.05) is 27.5 Å². The lowest BCUT2D eigenvalue weighted by Crippen LogP contribution is -1.94. The second-order valence-electron chi connectivity index (χ2n) is 4.11. The molecular formula is C15H14BrClN2O2. The molecule has 0 aliphatic carbocycles. The van der Waals surface area contributed by atoms with Crippen LogP contribution >= 0.6 is 27.5 Å². The molecule has 1 N–H and O–H groups in total. The summed E-state index contributed by atoms with van der Waals surface area (Å²) in [7, 11) is 3.20. The second-order valence-corrected chi connectivity index (χ2v) is 5.43. The van der Waals surface area contributed by atoms with Crippen molar-refractivity contribution in [2.24, 2.45) is 5.10 Å². The molecule has 4 nitrogen and oxygen atoms in total. The van der Waals surface area contributed by atoms with Crippen molar-refractivity contribution >= 4 is 39.4 Å². The minimum Gasteiger partial charge on any atom is -0.496 e. The predicted octanol–water partition coefficient (Wildman–Crippen LogP) is 4.57. The van der Waals surface area contributed by atoms with Gasteiger partial charge in [0.2, 0.25) is 0 Å². The fraction of sp³-hybridized carbons (Fsp3) is 0.133. The van der Waals surface area contributed by atoms with Crippen LogP contribution in [0.4, 0.5) is 5.69 Å². The Balaban J connectivity index is 2.12. The molecule has 21 heavy (non-hydrogen) atoms. The second kappa shape index (κ2) is 7.33. The zero-order valence-corrected chi connectivity index (χ0v) is 13.9. The van der Waals surface area contributed by atoms with Gasteiger partial charge in [0.05, 0.1) is 31.1 Å². The molecule has 0 spiro atoms. The minimum atomic E-state index is 0.526. The molecule has 0 radical (unpaired) electrons. The first-order valence-electron chi connectivity index (χ1n) is 6.10. The van der Waals surface area contributed by atoms with Crippen LogP contribution in [0.5, 0.6) is 11.5 Å². The number of nitrogens with zero attached hydrogens (tertiary/aromatic N) is 1. The summed E-state index contributed by atoms with van der Waals surface area (Å²) in [5.74, 6) is 1.37. The Hall–Kier alpha value is -1.72. The number of nitrogens with one attached hydrogen (secondary N) is 1. The van der Waals surface area contributed by atoms with Crippen molar-refractivity contribution in [3.8, 4) is 11.5 Å². The maximum atomic E-state index is 6.05. The Bertz CT molecular complexity index is 662. The molecule has 2 aromatic rings. The molecule has 2 rings (SSSR count). The summed E-state index contributed by atoms with van der Waals surface area (Å²) < 4.78 is 11.3. The molecule has 6 heteroatoms. The number of rotatable bonds is 5. The molecule has 0 aliphatic heterocycles. The van der Waals surface area contributed by atoms with E-state index in [1.54, 1.807) is 32.6 Å². The number of hydrogen-bond donors (Lipinski definition) is 1. The van der Waals surface area contributed by atoms with Crippen molar-refractivity contribution in [3.05, 3.63) is 51.5 Å². The van der Waals surface area contributed by atoms with E-state index in [-0.39, 0.29) is 0 Å². The monoisotopic (exact) mass is 368 g/mol. The van der Waals surface area contributed by atoms with Crippen molar-refractivity contribution in [3.63, 3.8) is 0 Å². The normalized spacial score (nSPS) is 10.7. The Morgan fingerprint density at radius 1 is 1.10 bits per heavy atom. The molecule has 0 unspecified atom stereocenters. The van der Waals surface area contributed by atoms with E-state index in [9.17, 15) is 0 Å². The fourth-order valence-corrected chi connectivity index (χ4v) is 2.35. The highest BCUT2D eigenvalue weighted by Crippen LogP contribution is 2.27. The third kappa shape index (κ3) is 4.12. The lowest BCUT2D eigenvalue weighted by molar-refractivity contribution is 0.414. The maximum Gasteiger partial charge on any atom is 0.137 e. The summed E-state index contributed by atoms with van der Waals surface area (Å²) in [5, 5.41) is 4.71. The van der Waals surface area contributed by atoms with Crippen LogP contribution < -0.4 is 14.9 Å². The number of halogens is 2. The van der Waals surface area contributed by atoms with Gasteiger partial charge in [0.25, 0.3) is 0 Å². The van der Waals surface area contributed by atoms with Crippen LogP contribution in [-0.2, 0) is 0 Å². The lowest BCUT2D eigenvalue weighted by Gasteiger charge is -2.06. The third-order valence-corrected chi connectivity index (χ3v) is 3.53. The summed E-state index contributed by atoms with van der Waals surface area (Å²) in [5.41, 5.74) is 4.54. The van der Waals surface area contributed by atoms with Crippen LogP contribution in [-0.4, -0.2) is 20.4 Å². The first-order chi connectivity index (χ1) is 10.1. The molecule has 0 aromatic heterocycles. The summed E-state index contributed by atoms with van der Waals surface area (Å²) in [6, 6.07) is 11.1. The largest absolute Gasteiger partial charge is 0.496 e. The lowest BCUT2D eigenvalue weighted by atomic mass is 10.2. The van der Waals surface area contributed by atoms with Gasteiger partial charge in [0.1, 0.15) is 11.5 Å². The van der Waals surface area contributed by atoms with Gasteiger partial charge in [-0.2, -0.15) is 5.10 Å². The Labute approximate surface area is 136 Å². The van der Waals surface area contributed by atoms with Crippen molar-refractivity contribution < 1.29 is 9.47 Å². The van der Waals surface area contributed by atoms with E-state index >= 15 is 0 Å². The minimum absolute atomic E-state index is 0.526. The quantitative estimate of drug-likeness (QED) is 0.620. The molecule has 0 amide bonds. The molecular weight excluding hydrogens is 356 g/mol. The van der Waals surface area contributed by atoms with Gasteiger partial charge in [-0.05, 0) is 36.4 Å². The third-order valence-electron chi connectivity index (χ3n) is 2.74. The van der Waals surface area contributed by atoms with Crippen molar-refractivity contribution in [2.75, 3.05) is 19.6 Å². The molecule has 0 heterocycles. The van der Waals surface area contributed by atoms with Gasteiger partial charge in [-0.25, -0.2) is 0 Å². The van der Waals surface area contributed by atoms with Crippen molar-refractivity contribution in [1.82, 2.24) is 0 Å². The summed E-state index contributed by atoms with van der Waals surface area (Å²) in [6.07, 6.45) is 1.68. The van der Waals surface area contributed by atoms with Gasteiger partial charge in [-0.15, -0.1) is 0 Å². The van der Waals surface area contributed by atoms with Crippen molar-refractivity contribution in [2.45, 2.75) is 0 Å². The molecule has 110 valence electrons.